The van der Waals surface area contributed by atoms with Crippen molar-refractivity contribution in [2.24, 2.45) is 0 Å². The van der Waals surface area contributed by atoms with Gasteiger partial charge >= 0.3 is 0 Å². The molecule has 32 heavy (non-hydrogen) atoms. The highest BCUT2D eigenvalue weighted by atomic mass is 16.5. The first-order valence-corrected chi connectivity index (χ1v) is 11.7. The Morgan fingerprint density at radius 3 is 2.03 bits per heavy atom. The average Bonchev–Trinajstić information content (AvgIpc) is 3.04. The van der Waals surface area contributed by atoms with E-state index in [1.165, 1.54) is 11.1 Å². The molecule has 0 radical (unpaired) electrons. The van der Waals surface area contributed by atoms with Crippen LogP contribution in [0.4, 0.5) is 0 Å². The Morgan fingerprint density at radius 1 is 0.812 bits per heavy atom. The monoisotopic (exact) mass is 436 g/mol. The summed E-state index contributed by atoms with van der Waals surface area (Å²) in [6, 6.07) is 14.5. The molecule has 2 amide bonds. The highest BCUT2D eigenvalue weighted by Crippen LogP contribution is 2.22. The smallest absolute Gasteiger partial charge is 0.222 e. The van der Waals surface area contributed by atoms with Crippen LogP contribution < -0.4 is 4.74 Å². The van der Waals surface area contributed by atoms with Gasteiger partial charge in [-0.15, -0.1) is 0 Å². The maximum atomic E-state index is 12.7. The first-order valence-electron chi connectivity index (χ1n) is 11.7. The van der Waals surface area contributed by atoms with E-state index in [9.17, 15) is 9.59 Å². The van der Waals surface area contributed by atoms with Gasteiger partial charge in [-0.05, 0) is 56.7 Å². The summed E-state index contributed by atoms with van der Waals surface area (Å²) >= 11 is 0. The number of aryl methyl sites for hydroxylation is 4. The summed E-state index contributed by atoms with van der Waals surface area (Å²) in [5, 5.41) is 0. The Kier molecular flexibility index (Phi) is 8.72. The van der Waals surface area contributed by atoms with Crippen LogP contribution in [0.5, 0.6) is 5.75 Å². The van der Waals surface area contributed by atoms with Gasteiger partial charge in [-0.3, -0.25) is 9.59 Å². The third kappa shape index (κ3) is 6.84. The molecule has 1 fully saturated rings. The number of rotatable bonds is 8. The Hall–Kier alpha value is -2.82. The molecule has 0 bridgehead atoms. The Balaban J connectivity index is 1.38. The number of para-hydroxylation sites is 1. The van der Waals surface area contributed by atoms with Gasteiger partial charge in [-0.2, -0.15) is 0 Å². The van der Waals surface area contributed by atoms with Crippen molar-refractivity contribution in [3.63, 3.8) is 0 Å². The van der Waals surface area contributed by atoms with Gasteiger partial charge in [0.25, 0.3) is 0 Å². The van der Waals surface area contributed by atoms with Gasteiger partial charge in [0.15, 0.2) is 0 Å². The molecule has 0 atom stereocenters. The van der Waals surface area contributed by atoms with Crippen molar-refractivity contribution < 1.29 is 14.3 Å². The van der Waals surface area contributed by atoms with Gasteiger partial charge in [0.05, 0.1) is 6.61 Å². The van der Waals surface area contributed by atoms with E-state index in [0.29, 0.717) is 39.0 Å². The van der Waals surface area contributed by atoms with Crippen molar-refractivity contribution >= 4 is 11.8 Å². The summed E-state index contributed by atoms with van der Waals surface area (Å²) in [6.45, 7) is 9.37. The highest BCUT2D eigenvalue weighted by molar-refractivity contribution is 5.78. The summed E-state index contributed by atoms with van der Waals surface area (Å²) in [7, 11) is 0. The molecule has 1 saturated heterocycles. The van der Waals surface area contributed by atoms with Crippen LogP contribution in [0.25, 0.3) is 0 Å². The number of nitrogens with zero attached hydrogens (tertiary/aromatic N) is 2. The van der Waals surface area contributed by atoms with E-state index in [1.54, 1.807) is 0 Å². The zero-order valence-corrected chi connectivity index (χ0v) is 19.7. The van der Waals surface area contributed by atoms with Crippen molar-refractivity contribution in [3.8, 4) is 5.75 Å². The van der Waals surface area contributed by atoms with Gasteiger partial charge in [0, 0.05) is 39.0 Å². The van der Waals surface area contributed by atoms with E-state index in [-0.39, 0.29) is 11.8 Å². The first-order chi connectivity index (χ1) is 15.4. The molecule has 172 valence electrons. The molecule has 3 rings (SSSR count). The minimum Gasteiger partial charge on any atom is -0.493 e. The highest BCUT2D eigenvalue weighted by Gasteiger charge is 2.21. The van der Waals surface area contributed by atoms with E-state index >= 15 is 0 Å². The molecule has 1 heterocycles. The van der Waals surface area contributed by atoms with Crippen LogP contribution in [0.1, 0.15) is 47.9 Å². The number of amides is 2. The molecule has 2 aromatic carbocycles. The van der Waals surface area contributed by atoms with Crippen LogP contribution >= 0.6 is 0 Å². The predicted molar refractivity (Wildman–Crippen MR) is 128 cm³/mol. The number of benzene rings is 2. The molecule has 0 aliphatic carbocycles. The number of carbonyl (C=O) groups is 2. The average molecular weight is 437 g/mol. The first kappa shape index (κ1) is 23.8. The summed E-state index contributed by atoms with van der Waals surface area (Å²) in [5.74, 6) is 1.26. The molecule has 2 aromatic rings. The van der Waals surface area contributed by atoms with Crippen molar-refractivity contribution in [3.05, 3.63) is 64.7 Å². The van der Waals surface area contributed by atoms with Crippen LogP contribution in [0.2, 0.25) is 0 Å². The fourth-order valence-electron chi connectivity index (χ4n) is 4.16. The SMILES string of the molecule is Cc1ccc(CCC(=O)N2CCCN(C(=O)CCCOc3c(C)cccc3C)CC2)cc1. The number of hydrogen-bond acceptors (Lipinski definition) is 3. The molecule has 1 aliphatic heterocycles. The molecule has 1 aliphatic rings. The largest absolute Gasteiger partial charge is 0.493 e. The normalized spacial score (nSPS) is 14.2. The maximum Gasteiger partial charge on any atom is 0.222 e. The van der Waals surface area contributed by atoms with Crippen LogP contribution in [-0.2, 0) is 16.0 Å². The fourth-order valence-corrected chi connectivity index (χ4v) is 4.16. The molecular weight excluding hydrogens is 400 g/mol. The third-order valence-electron chi connectivity index (χ3n) is 6.14. The molecule has 0 N–H and O–H groups in total. The van der Waals surface area contributed by atoms with E-state index in [1.807, 2.05) is 41.8 Å². The standard InChI is InChI=1S/C27H36N2O3/c1-21-10-12-24(13-11-21)14-15-26(31)29-17-6-16-28(18-19-29)25(30)9-5-20-32-27-22(2)7-4-8-23(27)3/h4,7-8,10-13H,5-6,9,14-20H2,1-3H3. The van der Waals surface area contributed by atoms with Crippen LogP contribution in [0.15, 0.2) is 42.5 Å². The lowest BCUT2D eigenvalue weighted by atomic mass is 10.1. The second kappa shape index (κ2) is 11.7. The minimum atomic E-state index is 0.157. The Labute approximate surface area is 192 Å². The maximum absolute atomic E-state index is 12.7. The zero-order chi connectivity index (χ0) is 22.9. The lowest BCUT2D eigenvalue weighted by Gasteiger charge is -2.22. The lowest BCUT2D eigenvalue weighted by Crippen LogP contribution is -2.37. The minimum absolute atomic E-state index is 0.157. The molecular formula is C27H36N2O3. The van der Waals surface area contributed by atoms with Crippen molar-refractivity contribution in [1.29, 1.82) is 0 Å². The molecule has 5 nitrogen and oxygen atoms in total. The van der Waals surface area contributed by atoms with Crippen molar-refractivity contribution in [2.45, 2.75) is 52.9 Å². The van der Waals surface area contributed by atoms with E-state index < -0.39 is 0 Å². The van der Waals surface area contributed by atoms with Gasteiger partial charge in [-0.25, -0.2) is 0 Å². The quantitative estimate of drug-likeness (QED) is 0.574. The van der Waals surface area contributed by atoms with E-state index in [2.05, 4.69) is 31.2 Å². The summed E-state index contributed by atoms with van der Waals surface area (Å²) in [5.41, 5.74) is 4.67. The Morgan fingerprint density at radius 2 is 1.41 bits per heavy atom. The number of ether oxygens (including phenoxy) is 1. The summed E-state index contributed by atoms with van der Waals surface area (Å²) < 4.78 is 5.92. The van der Waals surface area contributed by atoms with Crippen molar-refractivity contribution in [1.82, 2.24) is 9.80 Å². The topological polar surface area (TPSA) is 49.9 Å². The van der Waals surface area contributed by atoms with Gasteiger partial charge < -0.3 is 14.5 Å². The predicted octanol–water partition coefficient (Wildman–Crippen LogP) is 4.46. The molecule has 0 aromatic heterocycles. The van der Waals surface area contributed by atoms with E-state index in [4.69, 9.17) is 4.74 Å². The second-order valence-electron chi connectivity index (χ2n) is 8.77. The fraction of sp³-hybridized carbons (Fsp3) is 0.481. The van der Waals surface area contributed by atoms with Gasteiger partial charge in [-0.1, -0.05) is 48.0 Å². The van der Waals surface area contributed by atoms with Crippen LogP contribution in [0, 0.1) is 20.8 Å². The Bertz CT molecular complexity index is 887. The van der Waals surface area contributed by atoms with E-state index in [0.717, 1.165) is 42.8 Å². The van der Waals surface area contributed by atoms with Crippen LogP contribution in [-0.4, -0.2) is 54.4 Å². The van der Waals surface area contributed by atoms with Gasteiger partial charge in [0.2, 0.25) is 11.8 Å². The second-order valence-corrected chi connectivity index (χ2v) is 8.77. The molecule has 0 spiro atoms. The zero-order valence-electron chi connectivity index (χ0n) is 19.7. The summed E-state index contributed by atoms with van der Waals surface area (Å²) in [4.78, 5) is 29.2. The molecule has 0 unspecified atom stereocenters. The number of carbonyl (C=O) groups excluding carboxylic acids is 2. The van der Waals surface area contributed by atoms with Crippen molar-refractivity contribution in [2.75, 3.05) is 32.8 Å². The van der Waals surface area contributed by atoms with Gasteiger partial charge in [0.1, 0.15) is 5.75 Å². The lowest BCUT2D eigenvalue weighted by molar-refractivity contribution is -0.133. The summed E-state index contributed by atoms with van der Waals surface area (Å²) in [6.07, 6.45) is 3.29. The third-order valence-corrected chi connectivity index (χ3v) is 6.14. The molecule has 5 heteroatoms. The molecule has 0 saturated carbocycles. The van der Waals surface area contributed by atoms with Crippen LogP contribution in [0.3, 0.4) is 0 Å². The number of hydrogen-bond donors (Lipinski definition) is 0.